The van der Waals surface area contributed by atoms with Crippen molar-refractivity contribution in [3.8, 4) is 11.1 Å². The Hall–Kier alpha value is -3.82. The maximum Gasteiger partial charge on any atom is 0.229 e. The summed E-state index contributed by atoms with van der Waals surface area (Å²) in [5.74, 6) is 0.409. The molecule has 1 aromatic carbocycles. The molecule has 36 heavy (non-hydrogen) atoms. The van der Waals surface area contributed by atoms with Crippen molar-refractivity contribution in [3.05, 3.63) is 65.6 Å². The normalized spacial score (nSPS) is 16.0. The molecule has 5 aromatic rings. The largest absolute Gasteiger partial charge is 0.342 e. The first-order chi connectivity index (χ1) is 17.5. The van der Waals surface area contributed by atoms with Gasteiger partial charge in [-0.25, -0.2) is 9.67 Å². The van der Waals surface area contributed by atoms with Crippen molar-refractivity contribution in [3.63, 3.8) is 0 Å². The third-order valence-electron chi connectivity index (χ3n) is 6.73. The number of hydrogen-bond acceptors (Lipinski definition) is 6. The predicted molar refractivity (Wildman–Crippen MR) is 140 cm³/mol. The van der Waals surface area contributed by atoms with Gasteiger partial charge in [0.25, 0.3) is 0 Å². The van der Waals surface area contributed by atoms with Gasteiger partial charge in [-0.1, -0.05) is 22.9 Å². The van der Waals surface area contributed by atoms with Crippen LogP contribution < -0.4 is 10.6 Å². The number of fused-ring (bicyclic) bond motifs is 2. The number of benzene rings is 1. The average Bonchev–Trinajstić information content (AvgIpc) is 3.48. The molecule has 1 amide bonds. The quantitative estimate of drug-likeness (QED) is 0.378. The van der Waals surface area contributed by atoms with E-state index in [1.807, 2.05) is 31.4 Å². The molecule has 0 unspecified atom stereocenters. The highest BCUT2D eigenvalue weighted by Gasteiger charge is 2.21. The lowest BCUT2D eigenvalue weighted by atomic mass is 9.99. The van der Waals surface area contributed by atoms with Crippen LogP contribution in [0.4, 0.5) is 5.82 Å². The highest BCUT2D eigenvalue weighted by molar-refractivity contribution is 6.33. The molecule has 6 rings (SSSR count). The minimum atomic E-state index is -0.0534. The van der Waals surface area contributed by atoms with Crippen molar-refractivity contribution in [2.75, 3.05) is 18.4 Å². The highest BCUT2D eigenvalue weighted by atomic mass is 35.5. The monoisotopic (exact) mass is 500 g/mol. The molecule has 5 heterocycles. The van der Waals surface area contributed by atoms with E-state index >= 15 is 0 Å². The van der Waals surface area contributed by atoms with E-state index in [9.17, 15) is 4.79 Å². The van der Waals surface area contributed by atoms with Crippen LogP contribution in [0.5, 0.6) is 0 Å². The van der Waals surface area contributed by atoms with Gasteiger partial charge in [0.2, 0.25) is 5.91 Å². The van der Waals surface area contributed by atoms with Crippen LogP contribution in [0.2, 0.25) is 5.02 Å². The van der Waals surface area contributed by atoms with E-state index in [0.29, 0.717) is 23.9 Å². The van der Waals surface area contributed by atoms with Gasteiger partial charge in [0.1, 0.15) is 11.3 Å². The van der Waals surface area contributed by atoms with Gasteiger partial charge in [-0.05, 0) is 55.3 Å². The summed E-state index contributed by atoms with van der Waals surface area (Å²) in [4.78, 5) is 21.7. The Balaban J connectivity index is 1.29. The number of piperidine rings is 1. The number of nitrogens with one attached hydrogen (secondary N) is 2. The molecule has 4 aromatic heterocycles. The van der Waals surface area contributed by atoms with Crippen molar-refractivity contribution in [1.29, 1.82) is 0 Å². The SMILES string of the molecule is Cn1nnc2ccc(Cn3ccc4ncc(-c5cc(NC(=O)[C@@H]6CCCNC6)ncc5Cl)cc43)cc21. The minimum Gasteiger partial charge on any atom is -0.342 e. The molecule has 10 heteroatoms. The van der Waals surface area contributed by atoms with Crippen molar-refractivity contribution in [1.82, 2.24) is 34.8 Å². The zero-order valence-electron chi connectivity index (χ0n) is 19.8. The molecule has 0 bridgehead atoms. The maximum absolute atomic E-state index is 12.7. The number of anilines is 1. The average molecular weight is 501 g/mol. The molecule has 0 spiro atoms. The molecule has 1 atom stereocenters. The Kier molecular flexibility index (Phi) is 5.86. The number of amides is 1. The second-order valence-corrected chi connectivity index (χ2v) is 9.60. The first-order valence-electron chi connectivity index (χ1n) is 12.0. The molecular weight excluding hydrogens is 476 g/mol. The van der Waals surface area contributed by atoms with Crippen LogP contribution in [0.3, 0.4) is 0 Å². The van der Waals surface area contributed by atoms with E-state index in [1.54, 1.807) is 17.1 Å². The van der Waals surface area contributed by atoms with Gasteiger partial charge in [-0.3, -0.25) is 9.78 Å². The first-order valence-corrected chi connectivity index (χ1v) is 12.3. The molecular formula is C26H25ClN8O. The van der Waals surface area contributed by atoms with Gasteiger partial charge in [-0.2, -0.15) is 0 Å². The summed E-state index contributed by atoms with van der Waals surface area (Å²) in [7, 11) is 1.89. The summed E-state index contributed by atoms with van der Waals surface area (Å²) in [6.45, 7) is 2.32. The Morgan fingerprint density at radius 1 is 1.14 bits per heavy atom. The number of carbonyl (C=O) groups excluding carboxylic acids is 1. The lowest BCUT2D eigenvalue weighted by Gasteiger charge is -2.21. The maximum atomic E-state index is 12.7. The molecule has 0 aliphatic carbocycles. The number of halogens is 1. The van der Waals surface area contributed by atoms with E-state index in [0.717, 1.165) is 58.1 Å². The minimum absolute atomic E-state index is 0.0222. The van der Waals surface area contributed by atoms with Gasteiger partial charge in [0.15, 0.2) is 0 Å². The Bertz CT molecular complexity index is 1580. The van der Waals surface area contributed by atoms with E-state index in [1.165, 1.54) is 0 Å². The second-order valence-electron chi connectivity index (χ2n) is 9.19. The van der Waals surface area contributed by atoms with Gasteiger partial charge in [0.05, 0.1) is 27.5 Å². The van der Waals surface area contributed by atoms with Crippen LogP contribution in [0, 0.1) is 5.92 Å². The summed E-state index contributed by atoms with van der Waals surface area (Å²) in [5, 5.41) is 15.0. The number of aromatic nitrogens is 6. The van der Waals surface area contributed by atoms with E-state index in [4.69, 9.17) is 11.6 Å². The fraction of sp³-hybridized carbons (Fsp3) is 0.269. The molecule has 182 valence electrons. The number of nitrogens with zero attached hydrogens (tertiary/aromatic N) is 6. The number of carbonyl (C=O) groups is 1. The van der Waals surface area contributed by atoms with Gasteiger partial charge in [-0.15, -0.1) is 5.10 Å². The number of rotatable bonds is 5. The van der Waals surface area contributed by atoms with Crippen LogP contribution in [0.25, 0.3) is 33.2 Å². The van der Waals surface area contributed by atoms with Crippen LogP contribution in [-0.2, 0) is 18.4 Å². The summed E-state index contributed by atoms with van der Waals surface area (Å²) in [5.41, 5.74) is 6.51. The molecule has 1 saturated heterocycles. The zero-order chi connectivity index (χ0) is 24.6. The number of hydrogen-bond donors (Lipinski definition) is 2. The van der Waals surface area contributed by atoms with Gasteiger partial charge < -0.3 is 15.2 Å². The number of pyridine rings is 2. The summed E-state index contributed by atoms with van der Waals surface area (Å²) < 4.78 is 3.93. The van der Waals surface area contributed by atoms with Crippen LogP contribution in [0.15, 0.2) is 55.0 Å². The van der Waals surface area contributed by atoms with E-state index in [2.05, 4.69) is 53.7 Å². The molecule has 1 aliphatic heterocycles. The lowest BCUT2D eigenvalue weighted by Crippen LogP contribution is -2.37. The van der Waals surface area contributed by atoms with Crippen LogP contribution >= 0.6 is 11.6 Å². The van der Waals surface area contributed by atoms with E-state index in [-0.39, 0.29) is 11.8 Å². The topological polar surface area (TPSA) is 103 Å². The summed E-state index contributed by atoms with van der Waals surface area (Å²) >= 11 is 6.54. The fourth-order valence-corrected chi connectivity index (χ4v) is 4.96. The Labute approximate surface area is 212 Å². The molecule has 1 fully saturated rings. The fourth-order valence-electron chi connectivity index (χ4n) is 4.75. The summed E-state index contributed by atoms with van der Waals surface area (Å²) in [6.07, 6.45) is 7.28. The van der Waals surface area contributed by atoms with Gasteiger partial charge >= 0.3 is 0 Å². The molecule has 0 radical (unpaired) electrons. The third-order valence-corrected chi connectivity index (χ3v) is 7.03. The molecule has 9 nitrogen and oxygen atoms in total. The first kappa shape index (κ1) is 22.6. The van der Waals surface area contributed by atoms with Crippen LogP contribution in [0.1, 0.15) is 18.4 Å². The van der Waals surface area contributed by atoms with Crippen LogP contribution in [-0.4, -0.2) is 48.5 Å². The predicted octanol–water partition coefficient (Wildman–Crippen LogP) is 4.02. The third kappa shape index (κ3) is 4.31. The molecule has 0 saturated carbocycles. The standard InChI is InChI=1S/C26H25ClN8O/c1-34-23-9-16(4-5-22(23)32-33-34)15-35-8-6-21-24(35)10-18(13-29-21)19-11-25(30-14-20(19)27)31-26(36)17-3-2-7-28-12-17/h4-6,8-11,13-14,17,28H,2-3,7,12,15H2,1H3,(H,30,31,36)/t17-/m1/s1. The Morgan fingerprint density at radius 3 is 2.92 bits per heavy atom. The molecule has 2 N–H and O–H groups in total. The lowest BCUT2D eigenvalue weighted by molar-refractivity contribution is -0.120. The highest BCUT2D eigenvalue weighted by Crippen LogP contribution is 2.31. The van der Waals surface area contributed by atoms with E-state index < -0.39 is 0 Å². The van der Waals surface area contributed by atoms with Crippen molar-refractivity contribution in [2.45, 2.75) is 19.4 Å². The summed E-state index contributed by atoms with van der Waals surface area (Å²) in [6, 6.07) is 12.1. The molecule has 1 aliphatic rings. The van der Waals surface area contributed by atoms with Crippen molar-refractivity contribution in [2.24, 2.45) is 13.0 Å². The van der Waals surface area contributed by atoms with Crippen molar-refractivity contribution < 1.29 is 4.79 Å². The number of aryl methyl sites for hydroxylation is 1. The zero-order valence-corrected chi connectivity index (χ0v) is 20.5. The Morgan fingerprint density at radius 2 is 2.06 bits per heavy atom. The van der Waals surface area contributed by atoms with Crippen molar-refractivity contribution >= 4 is 45.4 Å². The van der Waals surface area contributed by atoms with Gasteiger partial charge in [0, 0.05) is 49.9 Å². The second kappa shape index (κ2) is 9.33. The smallest absolute Gasteiger partial charge is 0.229 e.